The van der Waals surface area contributed by atoms with Gasteiger partial charge in [0.25, 0.3) is 5.69 Å². The highest BCUT2D eigenvalue weighted by atomic mass is 32.2. The lowest BCUT2D eigenvalue weighted by atomic mass is 9.81. The van der Waals surface area contributed by atoms with Crippen molar-refractivity contribution in [2.24, 2.45) is 5.92 Å². The van der Waals surface area contributed by atoms with E-state index < -0.39 is 14.9 Å². The summed E-state index contributed by atoms with van der Waals surface area (Å²) in [6.07, 6.45) is 0.829. The molecule has 0 radical (unpaired) electrons. The van der Waals surface area contributed by atoms with Gasteiger partial charge in [0, 0.05) is 18.7 Å². The molecular formula is C18H20FN3O4S. The van der Waals surface area contributed by atoms with Gasteiger partial charge in [0.15, 0.2) is 0 Å². The molecule has 0 aromatic heterocycles. The quantitative estimate of drug-likeness (QED) is 0.580. The van der Waals surface area contributed by atoms with Crippen LogP contribution in [0, 0.1) is 21.8 Å². The van der Waals surface area contributed by atoms with Gasteiger partial charge in [-0.25, -0.2) is 17.5 Å². The second-order valence-corrected chi connectivity index (χ2v) is 8.28. The van der Waals surface area contributed by atoms with E-state index in [-0.39, 0.29) is 34.8 Å². The molecule has 0 spiro atoms. The number of nitrogens with zero attached hydrogens (tertiary/aromatic N) is 1. The number of nitro benzene ring substituents is 1. The third kappa shape index (κ3) is 4.68. The molecule has 2 N–H and O–H groups in total. The zero-order valence-electron chi connectivity index (χ0n) is 14.5. The molecular weight excluding hydrogens is 373 g/mol. The van der Waals surface area contributed by atoms with Crippen LogP contribution in [0.4, 0.5) is 10.1 Å². The van der Waals surface area contributed by atoms with Crippen LogP contribution in [0.15, 0.2) is 53.4 Å². The lowest BCUT2D eigenvalue weighted by Gasteiger charge is -2.32. The molecule has 144 valence electrons. The number of nitro groups is 1. The molecule has 0 saturated carbocycles. The van der Waals surface area contributed by atoms with Crippen molar-refractivity contribution in [3.8, 4) is 0 Å². The summed E-state index contributed by atoms with van der Waals surface area (Å²) < 4.78 is 40.8. The minimum absolute atomic E-state index is 0.0111. The van der Waals surface area contributed by atoms with Crippen molar-refractivity contribution in [3.05, 3.63) is 70.0 Å². The Hall–Kier alpha value is -2.36. The fourth-order valence-corrected chi connectivity index (χ4v) is 4.43. The SMILES string of the molecule is O=[N+]([O-])c1ccc(S(=O)(=O)NC[C@@H]2CNCC[C@@H]2c2ccc(F)cc2)cc1. The molecule has 2 aromatic carbocycles. The van der Waals surface area contributed by atoms with Gasteiger partial charge in [0.1, 0.15) is 5.82 Å². The zero-order chi connectivity index (χ0) is 19.4. The first-order valence-electron chi connectivity index (χ1n) is 8.57. The van der Waals surface area contributed by atoms with Crippen LogP contribution in [0.5, 0.6) is 0 Å². The van der Waals surface area contributed by atoms with Crippen LogP contribution < -0.4 is 10.0 Å². The molecule has 0 bridgehead atoms. The number of non-ortho nitro benzene ring substituents is 1. The molecule has 1 fully saturated rings. The number of nitrogens with one attached hydrogen (secondary N) is 2. The maximum absolute atomic E-state index is 13.2. The number of hydrogen-bond donors (Lipinski definition) is 2. The summed E-state index contributed by atoms with van der Waals surface area (Å²) in [5.41, 5.74) is 0.819. The van der Waals surface area contributed by atoms with E-state index >= 15 is 0 Å². The van der Waals surface area contributed by atoms with Crippen molar-refractivity contribution in [3.63, 3.8) is 0 Å². The average Bonchev–Trinajstić information content (AvgIpc) is 2.67. The fraction of sp³-hybridized carbons (Fsp3) is 0.333. The van der Waals surface area contributed by atoms with Gasteiger partial charge in [0.2, 0.25) is 10.0 Å². The first-order valence-corrected chi connectivity index (χ1v) is 10.1. The molecule has 0 aliphatic carbocycles. The van der Waals surface area contributed by atoms with E-state index in [2.05, 4.69) is 10.0 Å². The van der Waals surface area contributed by atoms with Crippen LogP contribution in [0.2, 0.25) is 0 Å². The number of benzene rings is 2. The second-order valence-electron chi connectivity index (χ2n) is 6.51. The Kier molecular flexibility index (Phi) is 5.83. The molecule has 3 rings (SSSR count). The van der Waals surface area contributed by atoms with Gasteiger partial charge in [-0.15, -0.1) is 0 Å². The molecule has 2 atom stereocenters. The predicted molar refractivity (Wildman–Crippen MR) is 98.4 cm³/mol. The van der Waals surface area contributed by atoms with Crippen LogP contribution >= 0.6 is 0 Å². The summed E-state index contributed by atoms with van der Waals surface area (Å²) in [5.74, 6) is -0.174. The standard InChI is InChI=1S/C18H20FN3O4S/c19-15-3-1-13(2-4-15)18-9-10-20-11-14(18)12-21-27(25,26)17-7-5-16(6-8-17)22(23)24/h1-8,14,18,20-21H,9-12H2/t14-,18+/m0/s1. The van der Waals surface area contributed by atoms with Crippen LogP contribution in [-0.4, -0.2) is 33.0 Å². The van der Waals surface area contributed by atoms with E-state index in [1.54, 1.807) is 12.1 Å². The minimum atomic E-state index is -3.77. The van der Waals surface area contributed by atoms with E-state index in [4.69, 9.17) is 0 Å². The van der Waals surface area contributed by atoms with Crippen molar-refractivity contribution in [1.82, 2.24) is 10.0 Å². The average molecular weight is 393 g/mol. The zero-order valence-corrected chi connectivity index (χ0v) is 15.3. The van der Waals surface area contributed by atoms with E-state index in [1.807, 2.05) is 0 Å². The van der Waals surface area contributed by atoms with Gasteiger partial charge in [-0.1, -0.05) is 12.1 Å². The summed E-state index contributed by atoms with van der Waals surface area (Å²) >= 11 is 0. The molecule has 1 saturated heterocycles. The molecule has 7 nitrogen and oxygen atoms in total. The fourth-order valence-electron chi connectivity index (χ4n) is 3.33. The van der Waals surface area contributed by atoms with Crippen molar-refractivity contribution >= 4 is 15.7 Å². The van der Waals surface area contributed by atoms with Crippen molar-refractivity contribution in [1.29, 1.82) is 0 Å². The number of piperidine rings is 1. The largest absolute Gasteiger partial charge is 0.316 e. The minimum Gasteiger partial charge on any atom is -0.316 e. The Morgan fingerprint density at radius 2 is 1.81 bits per heavy atom. The Labute approximate surface area is 156 Å². The summed E-state index contributed by atoms with van der Waals surface area (Å²) in [7, 11) is -3.77. The Morgan fingerprint density at radius 1 is 1.15 bits per heavy atom. The summed E-state index contributed by atoms with van der Waals surface area (Å²) in [6, 6.07) is 11.1. The van der Waals surface area contributed by atoms with Crippen LogP contribution in [0.25, 0.3) is 0 Å². The molecule has 2 aromatic rings. The lowest BCUT2D eigenvalue weighted by molar-refractivity contribution is -0.384. The van der Waals surface area contributed by atoms with Crippen LogP contribution in [0.3, 0.4) is 0 Å². The van der Waals surface area contributed by atoms with Gasteiger partial charge in [-0.2, -0.15) is 0 Å². The van der Waals surface area contributed by atoms with Gasteiger partial charge in [-0.05, 0) is 61.2 Å². The maximum atomic E-state index is 13.2. The molecule has 0 amide bonds. The first kappa shape index (κ1) is 19.4. The Bertz CT molecular complexity index is 901. The molecule has 0 unspecified atom stereocenters. The molecule has 9 heteroatoms. The number of hydrogen-bond acceptors (Lipinski definition) is 5. The summed E-state index contributed by atoms with van der Waals surface area (Å²) in [4.78, 5) is 10.1. The highest BCUT2D eigenvalue weighted by Crippen LogP contribution is 2.30. The van der Waals surface area contributed by atoms with E-state index in [0.29, 0.717) is 6.54 Å². The normalized spacial score (nSPS) is 20.3. The second kappa shape index (κ2) is 8.12. The lowest BCUT2D eigenvalue weighted by Crippen LogP contribution is -2.42. The van der Waals surface area contributed by atoms with Gasteiger partial charge >= 0.3 is 0 Å². The molecule has 1 heterocycles. The summed E-state index contributed by atoms with van der Waals surface area (Å²) in [5, 5.41) is 14.0. The monoisotopic (exact) mass is 393 g/mol. The van der Waals surface area contributed by atoms with Crippen LogP contribution in [-0.2, 0) is 10.0 Å². The van der Waals surface area contributed by atoms with E-state index in [1.165, 1.54) is 24.3 Å². The van der Waals surface area contributed by atoms with Crippen molar-refractivity contribution < 1.29 is 17.7 Å². The molecule has 1 aliphatic heterocycles. The predicted octanol–water partition coefficient (Wildman–Crippen LogP) is 2.41. The summed E-state index contributed by atoms with van der Waals surface area (Å²) in [6.45, 7) is 1.67. The van der Waals surface area contributed by atoms with Crippen molar-refractivity contribution in [2.45, 2.75) is 17.2 Å². The van der Waals surface area contributed by atoms with Gasteiger partial charge in [0.05, 0.1) is 9.82 Å². The Balaban J connectivity index is 1.71. The van der Waals surface area contributed by atoms with Gasteiger partial charge < -0.3 is 5.32 Å². The topological polar surface area (TPSA) is 101 Å². The maximum Gasteiger partial charge on any atom is 0.269 e. The Morgan fingerprint density at radius 3 is 2.44 bits per heavy atom. The highest BCUT2D eigenvalue weighted by molar-refractivity contribution is 7.89. The highest BCUT2D eigenvalue weighted by Gasteiger charge is 2.28. The van der Waals surface area contributed by atoms with Crippen molar-refractivity contribution in [2.75, 3.05) is 19.6 Å². The molecule has 27 heavy (non-hydrogen) atoms. The van der Waals surface area contributed by atoms with Gasteiger partial charge in [-0.3, -0.25) is 10.1 Å². The third-order valence-electron chi connectivity index (χ3n) is 4.80. The third-order valence-corrected chi connectivity index (χ3v) is 6.24. The number of rotatable bonds is 6. The first-order chi connectivity index (χ1) is 12.9. The smallest absolute Gasteiger partial charge is 0.269 e. The van der Waals surface area contributed by atoms with Crippen LogP contribution in [0.1, 0.15) is 17.9 Å². The van der Waals surface area contributed by atoms with E-state index in [9.17, 15) is 22.9 Å². The van der Waals surface area contributed by atoms with E-state index in [0.717, 1.165) is 30.7 Å². The number of sulfonamides is 1. The molecule has 1 aliphatic rings. The number of halogens is 1.